The van der Waals surface area contributed by atoms with Crippen molar-refractivity contribution in [3.8, 4) is 0 Å². The highest BCUT2D eigenvalue weighted by molar-refractivity contribution is 5.18. The molecule has 2 nitrogen and oxygen atoms in total. The number of fused-ring (bicyclic) bond motifs is 1. The standard InChI is InChI=1S/C21H34O2/c1-15(2)8-6-10-17(4)19-13-12-16(3)9-7-11-18-14-23-21(22-5)20(18)19/h8-9,11,17,19-21H,6-7,10,12-14H2,1-5H3/b16-9+,18-11-/t17-,19+,20-,21+/m1/s1. The minimum atomic E-state index is -0.0597. The van der Waals surface area contributed by atoms with Crippen LogP contribution in [-0.4, -0.2) is 20.0 Å². The van der Waals surface area contributed by atoms with Crippen molar-refractivity contribution in [3.63, 3.8) is 0 Å². The quantitative estimate of drug-likeness (QED) is 0.609. The molecule has 0 amide bonds. The van der Waals surface area contributed by atoms with Crippen molar-refractivity contribution < 1.29 is 9.47 Å². The summed E-state index contributed by atoms with van der Waals surface area (Å²) in [5.41, 5.74) is 4.41. The van der Waals surface area contributed by atoms with Crippen LogP contribution >= 0.6 is 0 Å². The van der Waals surface area contributed by atoms with E-state index in [4.69, 9.17) is 9.47 Å². The number of rotatable bonds is 5. The van der Waals surface area contributed by atoms with E-state index < -0.39 is 0 Å². The van der Waals surface area contributed by atoms with E-state index in [1.807, 2.05) is 0 Å². The first kappa shape index (κ1) is 18.5. The highest BCUT2D eigenvalue weighted by Crippen LogP contribution is 2.42. The van der Waals surface area contributed by atoms with Crippen LogP contribution in [0.2, 0.25) is 0 Å². The lowest BCUT2D eigenvalue weighted by Gasteiger charge is -2.32. The summed E-state index contributed by atoms with van der Waals surface area (Å²) in [7, 11) is 1.79. The third kappa shape index (κ3) is 5.06. The Kier molecular flexibility index (Phi) is 7.10. The van der Waals surface area contributed by atoms with Gasteiger partial charge < -0.3 is 9.47 Å². The summed E-state index contributed by atoms with van der Waals surface area (Å²) in [6.07, 6.45) is 13.0. The Bertz CT molecular complexity index is 468. The summed E-state index contributed by atoms with van der Waals surface area (Å²) in [5, 5.41) is 0. The van der Waals surface area contributed by atoms with Gasteiger partial charge in [0.1, 0.15) is 0 Å². The van der Waals surface area contributed by atoms with Crippen molar-refractivity contribution in [1.29, 1.82) is 0 Å². The van der Waals surface area contributed by atoms with Crippen molar-refractivity contribution in [2.24, 2.45) is 17.8 Å². The van der Waals surface area contributed by atoms with Gasteiger partial charge in [-0.2, -0.15) is 0 Å². The number of ether oxygens (including phenoxy) is 2. The highest BCUT2D eigenvalue weighted by Gasteiger charge is 2.40. The van der Waals surface area contributed by atoms with Gasteiger partial charge in [-0.25, -0.2) is 0 Å². The van der Waals surface area contributed by atoms with E-state index in [-0.39, 0.29) is 6.29 Å². The van der Waals surface area contributed by atoms with Gasteiger partial charge in [0.25, 0.3) is 0 Å². The normalized spacial score (nSPS) is 34.0. The zero-order chi connectivity index (χ0) is 16.8. The largest absolute Gasteiger partial charge is 0.355 e. The Morgan fingerprint density at radius 1 is 1.39 bits per heavy atom. The molecule has 0 spiro atoms. The maximum Gasteiger partial charge on any atom is 0.164 e. The van der Waals surface area contributed by atoms with Gasteiger partial charge in [0.2, 0.25) is 0 Å². The lowest BCUT2D eigenvalue weighted by atomic mass is 9.74. The first-order valence-electron chi connectivity index (χ1n) is 9.15. The molecule has 2 aliphatic rings. The highest BCUT2D eigenvalue weighted by atomic mass is 16.7. The fraction of sp³-hybridized carbons (Fsp3) is 0.714. The fourth-order valence-electron chi connectivity index (χ4n) is 4.01. The molecule has 4 atom stereocenters. The lowest BCUT2D eigenvalue weighted by Crippen LogP contribution is -2.31. The summed E-state index contributed by atoms with van der Waals surface area (Å²) in [6.45, 7) is 9.81. The number of hydrogen-bond acceptors (Lipinski definition) is 2. The van der Waals surface area contributed by atoms with Crippen molar-refractivity contribution in [3.05, 3.63) is 34.9 Å². The molecular formula is C21H34O2. The molecule has 0 aromatic heterocycles. The molecule has 2 rings (SSSR count). The molecule has 1 aliphatic heterocycles. The molecule has 0 unspecified atom stereocenters. The molecule has 23 heavy (non-hydrogen) atoms. The predicted octanol–water partition coefficient (Wildman–Crippen LogP) is 5.66. The Hall–Kier alpha value is -0.860. The topological polar surface area (TPSA) is 18.5 Å². The van der Waals surface area contributed by atoms with E-state index in [1.165, 1.54) is 42.4 Å². The van der Waals surface area contributed by atoms with E-state index in [0.717, 1.165) is 13.0 Å². The summed E-state index contributed by atoms with van der Waals surface area (Å²) in [5.74, 6) is 1.76. The van der Waals surface area contributed by atoms with Crippen LogP contribution in [0.1, 0.15) is 59.8 Å². The average molecular weight is 319 g/mol. The van der Waals surface area contributed by atoms with Crippen LogP contribution in [0.5, 0.6) is 0 Å². The summed E-state index contributed by atoms with van der Waals surface area (Å²) in [4.78, 5) is 0. The van der Waals surface area contributed by atoms with E-state index in [1.54, 1.807) is 7.11 Å². The van der Waals surface area contributed by atoms with E-state index in [2.05, 4.69) is 45.9 Å². The minimum absolute atomic E-state index is 0.0597. The zero-order valence-electron chi connectivity index (χ0n) is 15.6. The van der Waals surface area contributed by atoms with Crippen molar-refractivity contribution in [2.45, 2.75) is 66.1 Å². The smallest absolute Gasteiger partial charge is 0.164 e. The van der Waals surface area contributed by atoms with Crippen LogP contribution < -0.4 is 0 Å². The van der Waals surface area contributed by atoms with Crippen LogP contribution in [0, 0.1) is 17.8 Å². The van der Waals surface area contributed by atoms with Crippen molar-refractivity contribution >= 4 is 0 Å². The van der Waals surface area contributed by atoms with Gasteiger partial charge in [-0.05, 0) is 70.3 Å². The summed E-state index contributed by atoms with van der Waals surface area (Å²) >= 11 is 0. The maximum atomic E-state index is 5.93. The molecule has 2 heteroatoms. The van der Waals surface area contributed by atoms with Crippen molar-refractivity contribution in [2.75, 3.05) is 13.7 Å². The van der Waals surface area contributed by atoms with Crippen LogP contribution in [-0.2, 0) is 9.47 Å². The molecule has 0 radical (unpaired) electrons. The van der Waals surface area contributed by atoms with Gasteiger partial charge in [0.15, 0.2) is 6.29 Å². The zero-order valence-corrected chi connectivity index (χ0v) is 15.6. The van der Waals surface area contributed by atoms with Gasteiger partial charge in [0, 0.05) is 13.0 Å². The van der Waals surface area contributed by atoms with E-state index in [0.29, 0.717) is 17.8 Å². The molecule has 1 aliphatic carbocycles. The number of hydrogen-bond donors (Lipinski definition) is 0. The average Bonchev–Trinajstić information content (AvgIpc) is 2.91. The minimum Gasteiger partial charge on any atom is -0.355 e. The predicted molar refractivity (Wildman–Crippen MR) is 97.2 cm³/mol. The monoisotopic (exact) mass is 318 g/mol. The first-order valence-corrected chi connectivity index (χ1v) is 9.15. The molecule has 0 N–H and O–H groups in total. The second-order valence-corrected chi connectivity index (χ2v) is 7.54. The van der Waals surface area contributed by atoms with E-state index in [9.17, 15) is 0 Å². The Morgan fingerprint density at radius 2 is 2.17 bits per heavy atom. The number of methoxy groups -OCH3 is 1. The Balaban J connectivity index is 2.17. The van der Waals surface area contributed by atoms with Gasteiger partial charge in [0.05, 0.1) is 6.61 Å². The van der Waals surface area contributed by atoms with Crippen LogP contribution in [0.3, 0.4) is 0 Å². The van der Waals surface area contributed by atoms with Gasteiger partial charge >= 0.3 is 0 Å². The third-order valence-electron chi connectivity index (χ3n) is 5.45. The molecule has 0 aromatic carbocycles. The van der Waals surface area contributed by atoms with Gasteiger partial charge in [-0.3, -0.25) is 0 Å². The maximum absolute atomic E-state index is 5.93. The SMILES string of the molecule is CO[C@H]1OC/C2=C/C/C=C(\C)CC[C@@H]([C@H](C)CCC=C(C)C)[C@@H]21. The van der Waals surface area contributed by atoms with Crippen LogP contribution in [0.4, 0.5) is 0 Å². The number of allylic oxidation sites excluding steroid dienone is 5. The van der Waals surface area contributed by atoms with Crippen molar-refractivity contribution in [1.82, 2.24) is 0 Å². The van der Waals surface area contributed by atoms with Gasteiger partial charge in [-0.15, -0.1) is 0 Å². The summed E-state index contributed by atoms with van der Waals surface area (Å²) in [6, 6.07) is 0. The molecule has 0 bridgehead atoms. The molecule has 130 valence electrons. The second kappa shape index (κ2) is 8.84. The third-order valence-corrected chi connectivity index (χ3v) is 5.45. The molecular weight excluding hydrogens is 284 g/mol. The van der Waals surface area contributed by atoms with Crippen LogP contribution in [0.25, 0.3) is 0 Å². The fourth-order valence-corrected chi connectivity index (χ4v) is 4.01. The van der Waals surface area contributed by atoms with E-state index >= 15 is 0 Å². The lowest BCUT2D eigenvalue weighted by molar-refractivity contribution is -0.123. The summed E-state index contributed by atoms with van der Waals surface area (Å²) < 4.78 is 11.6. The molecule has 1 saturated heterocycles. The Morgan fingerprint density at radius 3 is 2.87 bits per heavy atom. The molecule has 1 heterocycles. The first-order chi connectivity index (χ1) is 11.0. The molecule has 0 saturated carbocycles. The second-order valence-electron chi connectivity index (χ2n) is 7.54. The molecule has 0 aromatic rings. The van der Waals surface area contributed by atoms with Gasteiger partial charge in [-0.1, -0.05) is 36.3 Å². The molecule has 1 fully saturated rings. The van der Waals surface area contributed by atoms with Crippen LogP contribution in [0.15, 0.2) is 34.9 Å². The Labute approximate surface area is 142 Å².